The Kier molecular flexibility index (Phi) is 9.11. The van der Waals surface area contributed by atoms with Crippen LogP contribution in [0.1, 0.15) is 24.5 Å². The fourth-order valence-corrected chi connectivity index (χ4v) is 5.53. The first-order chi connectivity index (χ1) is 19.7. The highest BCUT2D eigenvalue weighted by Gasteiger charge is 2.40. The average molecular weight is 603 g/mol. The third kappa shape index (κ3) is 7.36. The Morgan fingerprint density at radius 1 is 1.02 bits per heavy atom. The van der Waals surface area contributed by atoms with Crippen LogP contribution in [0.4, 0.5) is 5.69 Å². The fraction of sp³-hybridized carbons (Fsp3) is 0.367. The second kappa shape index (κ2) is 12.8. The highest BCUT2D eigenvalue weighted by Crippen LogP contribution is 2.38. The molecule has 0 aromatic heterocycles. The molecule has 218 valence electrons. The van der Waals surface area contributed by atoms with E-state index in [4.69, 9.17) is 37.4 Å². The second-order valence-electron chi connectivity index (χ2n) is 10.3. The van der Waals surface area contributed by atoms with Gasteiger partial charge < -0.3 is 29.3 Å². The van der Waals surface area contributed by atoms with Gasteiger partial charge >= 0.3 is 0 Å². The zero-order chi connectivity index (χ0) is 29.0. The molecule has 3 aromatic carbocycles. The SMILES string of the molecule is C[C@]1(c2ccc(Cl)cc2Cl)OC[C@@H](COc2ccc(N3CCN(NC(=O)CCc4ccc(O)c(O)c4)CC3)cc2)O1. The van der Waals surface area contributed by atoms with Crippen LogP contribution in [0.2, 0.25) is 10.0 Å². The normalized spacial score (nSPS) is 21.1. The largest absolute Gasteiger partial charge is 0.504 e. The predicted molar refractivity (Wildman–Crippen MR) is 157 cm³/mol. The van der Waals surface area contributed by atoms with Crippen molar-refractivity contribution < 1.29 is 29.2 Å². The van der Waals surface area contributed by atoms with Gasteiger partial charge in [-0.3, -0.25) is 10.2 Å². The number of carbonyl (C=O) groups is 1. The summed E-state index contributed by atoms with van der Waals surface area (Å²) in [5.74, 6) is -0.655. The lowest BCUT2D eigenvalue weighted by Gasteiger charge is -2.36. The van der Waals surface area contributed by atoms with Crippen molar-refractivity contribution in [2.45, 2.75) is 31.7 Å². The topological polar surface area (TPSA) is 104 Å². The molecule has 0 saturated carbocycles. The van der Waals surface area contributed by atoms with Gasteiger partial charge in [0.1, 0.15) is 18.5 Å². The maximum atomic E-state index is 12.4. The standard InChI is InChI=1S/C30H33Cl2N3O6/c1-30(25-9-4-21(31)17-26(25)32)40-19-24(41-30)18-39-23-7-5-22(6-8-23)34-12-14-35(15-13-34)33-29(38)11-3-20-2-10-27(36)28(37)16-20/h2,4-10,16-17,24,36-37H,3,11-15,18-19H2,1H3,(H,33,38)/t24-,30+/m1/s1. The number of benzene rings is 3. The third-order valence-corrected chi connectivity index (χ3v) is 7.79. The van der Waals surface area contributed by atoms with Crippen LogP contribution in [0.15, 0.2) is 60.7 Å². The molecule has 2 fully saturated rings. The Labute approximate surface area is 249 Å². The summed E-state index contributed by atoms with van der Waals surface area (Å²) in [4.78, 5) is 14.7. The second-order valence-corrected chi connectivity index (χ2v) is 11.1. The fourth-order valence-electron chi connectivity index (χ4n) is 4.95. The van der Waals surface area contributed by atoms with Gasteiger partial charge in [0.15, 0.2) is 17.3 Å². The summed E-state index contributed by atoms with van der Waals surface area (Å²) >= 11 is 12.4. The minimum atomic E-state index is -0.960. The number of carbonyl (C=O) groups excluding carboxylic acids is 1. The lowest BCUT2D eigenvalue weighted by atomic mass is 10.1. The average Bonchev–Trinajstić information content (AvgIpc) is 3.34. The molecule has 9 nitrogen and oxygen atoms in total. The number of piperazine rings is 1. The van der Waals surface area contributed by atoms with Crippen LogP contribution in [-0.2, 0) is 26.5 Å². The Hall–Kier alpha value is -3.21. The molecule has 2 atom stereocenters. The summed E-state index contributed by atoms with van der Waals surface area (Å²) in [5.41, 5.74) is 5.56. The van der Waals surface area contributed by atoms with E-state index in [1.165, 1.54) is 12.1 Å². The van der Waals surface area contributed by atoms with Crippen LogP contribution in [0, 0.1) is 0 Å². The van der Waals surface area contributed by atoms with Gasteiger partial charge in [-0.1, -0.05) is 35.3 Å². The summed E-state index contributed by atoms with van der Waals surface area (Å²) in [6, 6.07) is 17.8. The number of hydrazine groups is 1. The van der Waals surface area contributed by atoms with Crippen molar-refractivity contribution in [2.24, 2.45) is 0 Å². The van der Waals surface area contributed by atoms with E-state index in [9.17, 15) is 15.0 Å². The Morgan fingerprint density at radius 3 is 2.49 bits per heavy atom. The number of ether oxygens (including phenoxy) is 3. The molecule has 11 heteroatoms. The Morgan fingerprint density at radius 2 is 1.78 bits per heavy atom. The number of amides is 1. The summed E-state index contributed by atoms with van der Waals surface area (Å²) in [7, 11) is 0. The van der Waals surface area contributed by atoms with Gasteiger partial charge in [0.05, 0.1) is 11.6 Å². The molecule has 41 heavy (non-hydrogen) atoms. The van der Waals surface area contributed by atoms with Gasteiger partial charge in [0.25, 0.3) is 0 Å². The molecular weight excluding hydrogens is 569 g/mol. The molecule has 0 unspecified atom stereocenters. The number of aryl methyl sites for hydroxylation is 1. The smallest absolute Gasteiger partial charge is 0.234 e. The van der Waals surface area contributed by atoms with Crippen LogP contribution in [0.25, 0.3) is 0 Å². The van der Waals surface area contributed by atoms with E-state index >= 15 is 0 Å². The molecule has 0 aliphatic carbocycles. The van der Waals surface area contributed by atoms with E-state index in [0.29, 0.717) is 42.8 Å². The molecule has 5 rings (SSSR count). The van der Waals surface area contributed by atoms with E-state index in [1.807, 2.05) is 42.3 Å². The number of aromatic hydroxyl groups is 2. The number of phenols is 2. The molecule has 3 N–H and O–H groups in total. The van der Waals surface area contributed by atoms with E-state index < -0.39 is 5.79 Å². The number of nitrogens with zero attached hydrogens (tertiary/aromatic N) is 2. The van der Waals surface area contributed by atoms with Crippen molar-refractivity contribution in [3.8, 4) is 17.2 Å². The van der Waals surface area contributed by atoms with Crippen LogP contribution < -0.4 is 15.1 Å². The Balaban J connectivity index is 1.03. The summed E-state index contributed by atoms with van der Waals surface area (Å²) < 4.78 is 18.1. The molecule has 2 aliphatic heterocycles. The number of nitrogens with one attached hydrogen (secondary N) is 1. The van der Waals surface area contributed by atoms with Crippen molar-refractivity contribution in [1.82, 2.24) is 10.4 Å². The molecule has 1 amide bonds. The molecule has 0 spiro atoms. The molecule has 3 aromatic rings. The van der Waals surface area contributed by atoms with Crippen molar-refractivity contribution in [2.75, 3.05) is 44.3 Å². The summed E-state index contributed by atoms with van der Waals surface area (Å²) in [6.45, 7) is 5.49. The lowest BCUT2D eigenvalue weighted by Crippen LogP contribution is -2.53. The quantitative estimate of drug-likeness (QED) is 0.299. The third-order valence-electron chi connectivity index (χ3n) is 7.24. The summed E-state index contributed by atoms with van der Waals surface area (Å²) in [6.07, 6.45) is 0.519. The number of hydrogen-bond acceptors (Lipinski definition) is 8. The van der Waals surface area contributed by atoms with E-state index in [0.717, 1.165) is 35.7 Å². The molecule has 2 aliphatic rings. The molecule has 2 saturated heterocycles. The minimum absolute atomic E-state index is 0.0827. The molecule has 0 bridgehead atoms. The van der Waals surface area contributed by atoms with Crippen molar-refractivity contribution in [1.29, 1.82) is 0 Å². The van der Waals surface area contributed by atoms with Crippen LogP contribution in [-0.4, -0.2) is 66.6 Å². The molecule has 2 heterocycles. The van der Waals surface area contributed by atoms with Gasteiger partial charge in [-0.05, 0) is 67.4 Å². The van der Waals surface area contributed by atoms with Gasteiger partial charge in [-0.15, -0.1) is 0 Å². The first-order valence-electron chi connectivity index (χ1n) is 13.5. The van der Waals surface area contributed by atoms with Crippen LogP contribution in [0.3, 0.4) is 0 Å². The number of hydrogen-bond donors (Lipinski definition) is 3. The Bertz CT molecular complexity index is 1370. The zero-order valence-electron chi connectivity index (χ0n) is 22.7. The van der Waals surface area contributed by atoms with Crippen LogP contribution >= 0.6 is 23.2 Å². The lowest BCUT2D eigenvalue weighted by molar-refractivity contribution is -0.164. The van der Waals surface area contributed by atoms with Gasteiger partial charge in [0, 0.05) is 48.9 Å². The first kappa shape index (κ1) is 29.3. The predicted octanol–water partition coefficient (Wildman–Crippen LogP) is 4.86. The number of phenolic OH excluding ortho intramolecular Hbond substituents is 2. The highest BCUT2D eigenvalue weighted by molar-refractivity contribution is 6.35. The van der Waals surface area contributed by atoms with Crippen molar-refractivity contribution >= 4 is 34.8 Å². The van der Waals surface area contributed by atoms with Crippen molar-refractivity contribution in [3.63, 3.8) is 0 Å². The van der Waals surface area contributed by atoms with Crippen molar-refractivity contribution in [3.05, 3.63) is 81.8 Å². The maximum absolute atomic E-state index is 12.4. The number of rotatable bonds is 9. The van der Waals surface area contributed by atoms with E-state index in [1.54, 1.807) is 18.2 Å². The zero-order valence-corrected chi connectivity index (χ0v) is 24.2. The van der Waals surface area contributed by atoms with E-state index in [-0.39, 0.29) is 29.9 Å². The molecule has 0 radical (unpaired) electrons. The van der Waals surface area contributed by atoms with Gasteiger partial charge in [-0.25, -0.2) is 5.01 Å². The number of anilines is 1. The number of halogens is 2. The summed E-state index contributed by atoms with van der Waals surface area (Å²) in [5, 5.41) is 22.0. The van der Waals surface area contributed by atoms with E-state index in [2.05, 4.69) is 10.3 Å². The maximum Gasteiger partial charge on any atom is 0.234 e. The molecular formula is C30H33Cl2N3O6. The van der Waals surface area contributed by atoms with Gasteiger partial charge in [0.2, 0.25) is 5.91 Å². The first-order valence-corrected chi connectivity index (χ1v) is 14.2. The van der Waals surface area contributed by atoms with Crippen LogP contribution in [0.5, 0.6) is 17.2 Å². The highest BCUT2D eigenvalue weighted by atomic mass is 35.5. The monoisotopic (exact) mass is 601 g/mol. The van der Waals surface area contributed by atoms with Gasteiger partial charge in [-0.2, -0.15) is 0 Å². The minimum Gasteiger partial charge on any atom is -0.504 e.